The van der Waals surface area contributed by atoms with E-state index in [1.54, 1.807) is 11.8 Å². The zero-order valence-corrected chi connectivity index (χ0v) is 19.6. The molecule has 0 radical (unpaired) electrons. The minimum atomic E-state index is -0.663. The number of carboxylic acids is 1. The van der Waals surface area contributed by atoms with Crippen LogP contribution in [0.3, 0.4) is 0 Å². The predicted molar refractivity (Wildman–Crippen MR) is 124 cm³/mol. The third kappa shape index (κ3) is 3.51. The number of aliphatic carboxylic acids is 1. The number of anilines is 1. The second kappa shape index (κ2) is 7.64. The van der Waals surface area contributed by atoms with Crippen molar-refractivity contribution in [3.05, 3.63) is 17.7 Å². The normalized spacial score (nSPS) is 38.6. The molecule has 1 aliphatic heterocycles. The first kappa shape index (κ1) is 20.8. The summed E-state index contributed by atoms with van der Waals surface area (Å²) in [5, 5.41) is 13.6. The molecule has 1 saturated heterocycles. The van der Waals surface area contributed by atoms with Crippen LogP contribution in [0.15, 0.2) is 17.2 Å². The fraction of sp³-hybridized carbons (Fsp3) is 0.720. The third-order valence-corrected chi connectivity index (χ3v) is 9.95. The molecule has 2 heterocycles. The average Bonchev–Trinajstić information content (AvgIpc) is 3.25. The van der Waals surface area contributed by atoms with E-state index < -0.39 is 5.97 Å². The lowest BCUT2D eigenvalue weighted by molar-refractivity contribution is -0.139. The number of rotatable bonds is 7. The molecule has 1 aromatic rings. The Kier molecular flexibility index (Phi) is 4.97. The van der Waals surface area contributed by atoms with E-state index in [0.29, 0.717) is 5.56 Å². The van der Waals surface area contributed by atoms with Crippen LogP contribution >= 0.6 is 11.8 Å². The molecule has 7 heteroatoms. The van der Waals surface area contributed by atoms with E-state index in [1.165, 1.54) is 19.3 Å². The molecule has 1 amide bonds. The van der Waals surface area contributed by atoms with Crippen LogP contribution in [0, 0.1) is 35.5 Å². The minimum Gasteiger partial charge on any atom is -0.481 e. The first-order chi connectivity index (χ1) is 15.4. The highest BCUT2D eigenvalue weighted by atomic mass is 32.2. The molecule has 32 heavy (non-hydrogen) atoms. The van der Waals surface area contributed by atoms with E-state index in [1.807, 2.05) is 12.1 Å². The molecular formula is C25H33N3O3S. The number of hydrogen-bond donors (Lipinski definition) is 2. The fourth-order valence-electron chi connectivity index (χ4n) is 7.74. The maximum atomic E-state index is 13.5. The molecular weight excluding hydrogens is 422 g/mol. The Labute approximate surface area is 193 Å². The summed E-state index contributed by atoms with van der Waals surface area (Å²) >= 11 is 1.67. The van der Waals surface area contributed by atoms with Crippen LogP contribution in [0.4, 0.5) is 5.82 Å². The number of pyridine rings is 1. The lowest BCUT2D eigenvalue weighted by Gasteiger charge is -2.56. The molecule has 1 aromatic heterocycles. The number of aromatic nitrogens is 1. The summed E-state index contributed by atoms with van der Waals surface area (Å²) in [5.74, 6) is 3.91. The highest BCUT2D eigenvalue weighted by Crippen LogP contribution is 2.56. The number of hydrogen-bond acceptors (Lipinski definition) is 5. The highest BCUT2D eigenvalue weighted by molar-refractivity contribution is 7.99. The van der Waals surface area contributed by atoms with Crippen LogP contribution < -0.4 is 10.2 Å². The predicted octanol–water partition coefficient (Wildman–Crippen LogP) is 4.05. The van der Waals surface area contributed by atoms with Crippen LogP contribution in [0.1, 0.15) is 62.2 Å². The van der Waals surface area contributed by atoms with Crippen molar-refractivity contribution >= 4 is 29.5 Å². The number of nitrogens with zero attached hydrogens (tertiary/aromatic N) is 2. The van der Waals surface area contributed by atoms with Gasteiger partial charge in [0.25, 0.3) is 5.91 Å². The molecule has 0 spiro atoms. The Morgan fingerprint density at radius 1 is 1.12 bits per heavy atom. The van der Waals surface area contributed by atoms with Gasteiger partial charge in [-0.25, -0.2) is 4.98 Å². The van der Waals surface area contributed by atoms with E-state index in [-0.39, 0.29) is 29.2 Å². The van der Waals surface area contributed by atoms with Crippen molar-refractivity contribution in [1.29, 1.82) is 0 Å². The van der Waals surface area contributed by atoms with Gasteiger partial charge in [-0.15, -0.1) is 11.8 Å². The van der Waals surface area contributed by atoms with Gasteiger partial charge in [0.1, 0.15) is 10.8 Å². The van der Waals surface area contributed by atoms with Crippen molar-refractivity contribution in [2.45, 2.75) is 62.4 Å². The Morgan fingerprint density at radius 3 is 2.31 bits per heavy atom. The number of carboxylic acid groups (broad SMARTS) is 1. The van der Waals surface area contributed by atoms with E-state index in [0.717, 1.165) is 73.1 Å². The van der Waals surface area contributed by atoms with Crippen molar-refractivity contribution < 1.29 is 14.7 Å². The molecule has 1 unspecified atom stereocenters. The molecule has 2 N–H and O–H groups in total. The van der Waals surface area contributed by atoms with E-state index in [9.17, 15) is 14.7 Å². The number of carbonyl (C=O) groups is 2. The number of nitrogens with one attached hydrogen (secondary N) is 1. The van der Waals surface area contributed by atoms with Crippen molar-refractivity contribution in [3.8, 4) is 0 Å². The number of thioether (sulfide) groups is 1. The Bertz CT molecular complexity index is 903. The second-order valence-electron chi connectivity index (χ2n) is 11.1. The molecule has 172 valence electrons. The van der Waals surface area contributed by atoms with Crippen LogP contribution in [0.25, 0.3) is 0 Å². The quantitative estimate of drug-likeness (QED) is 0.604. The summed E-state index contributed by atoms with van der Waals surface area (Å²) in [5.41, 5.74) is 0.704. The van der Waals surface area contributed by atoms with Crippen molar-refractivity contribution in [2.24, 2.45) is 35.5 Å². The summed E-state index contributed by atoms with van der Waals surface area (Å²) < 4.78 is 0. The Hall–Kier alpha value is -1.76. The van der Waals surface area contributed by atoms with E-state index >= 15 is 0 Å². The largest absolute Gasteiger partial charge is 0.481 e. The molecule has 0 aromatic carbocycles. The summed E-state index contributed by atoms with van der Waals surface area (Å²) in [6.07, 6.45) is 8.57. The molecule has 3 atom stereocenters. The lowest BCUT2D eigenvalue weighted by Crippen LogP contribution is -2.59. The molecule has 5 aliphatic carbocycles. The molecule has 4 bridgehead atoms. The van der Waals surface area contributed by atoms with Gasteiger partial charge in [-0.05, 0) is 92.4 Å². The van der Waals surface area contributed by atoms with Crippen LogP contribution in [-0.2, 0) is 4.79 Å². The zero-order chi connectivity index (χ0) is 22.0. The van der Waals surface area contributed by atoms with Gasteiger partial charge in [0.15, 0.2) is 0 Å². The minimum absolute atomic E-state index is 0.000722. The zero-order valence-electron chi connectivity index (χ0n) is 18.8. The molecule has 5 saturated carbocycles. The maximum absolute atomic E-state index is 13.5. The van der Waals surface area contributed by atoms with Gasteiger partial charge in [-0.1, -0.05) is 6.92 Å². The van der Waals surface area contributed by atoms with Crippen molar-refractivity contribution in [2.75, 3.05) is 23.7 Å². The fourth-order valence-corrected chi connectivity index (χ4v) is 8.61. The molecule has 6 fully saturated rings. The Balaban J connectivity index is 1.20. The smallest absolute Gasteiger partial charge is 0.307 e. The number of piperidine rings is 1. The van der Waals surface area contributed by atoms with Crippen molar-refractivity contribution in [3.63, 3.8) is 0 Å². The summed E-state index contributed by atoms with van der Waals surface area (Å²) in [7, 11) is 0. The number of carbonyl (C=O) groups excluding carboxylic acids is 1. The topological polar surface area (TPSA) is 82.5 Å². The molecule has 7 rings (SSSR count). The van der Waals surface area contributed by atoms with Gasteiger partial charge in [0.05, 0.1) is 11.5 Å². The third-order valence-electron chi connectivity index (χ3n) is 8.75. The first-order valence-electron chi connectivity index (χ1n) is 12.4. The molecule has 6 aliphatic rings. The molecule has 6 nitrogen and oxygen atoms in total. The summed E-state index contributed by atoms with van der Waals surface area (Å²) in [6.45, 7) is 3.66. The van der Waals surface area contributed by atoms with Gasteiger partial charge in [0.2, 0.25) is 0 Å². The van der Waals surface area contributed by atoms with Crippen LogP contribution in [0.5, 0.6) is 0 Å². The first-order valence-corrected chi connectivity index (χ1v) is 13.4. The Morgan fingerprint density at radius 2 is 1.75 bits per heavy atom. The second-order valence-corrected chi connectivity index (χ2v) is 12.2. The standard InChI is InChI=1S/C25H33N3O3S/c1-2-5-32-23-17(3-4-20(26-23)28-12-18-19(13-28)21(18)24(30)31)22(29)27-25-9-14-6-15(10-25)8-16(7-14)11-25/h3-4,14-16,18-19,21H,2,5-13H2,1H3,(H,27,29)(H,30,31)/t14?,15?,16?,18-,19+,21?,25?. The summed E-state index contributed by atoms with van der Waals surface area (Å²) in [6, 6.07) is 3.92. The van der Waals surface area contributed by atoms with Gasteiger partial charge >= 0.3 is 5.97 Å². The van der Waals surface area contributed by atoms with E-state index in [4.69, 9.17) is 4.98 Å². The van der Waals surface area contributed by atoms with Crippen LogP contribution in [-0.4, -0.2) is 46.3 Å². The van der Waals surface area contributed by atoms with Gasteiger partial charge in [-0.3, -0.25) is 9.59 Å². The van der Waals surface area contributed by atoms with E-state index in [2.05, 4.69) is 17.1 Å². The lowest BCUT2D eigenvalue weighted by atomic mass is 9.53. The number of amides is 1. The number of fused-ring (bicyclic) bond motifs is 1. The van der Waals surface area contributed by atoms with Gasteiger partial charge in [0, 0.05) is 18.6 Å². The van der Waals surface area contributed by atoms with Gasteiger partial charge < -0.3 is 15.3 Å². The highest BCUT2D eigenvalue weighted by Gasteiger charge is 2.60. The van der Waals surface area contributed by atoms with Gasteiger partial charge in [-0.2, -0.15) is 0 Å². The maximum Gasteiger partial charge on any atom is 0.307 e. The van der Waals surface area contributed by atoms with Crippen LogP contribution in [0.2, 0.25) is 0 Å². The average molecular weight is 456 g/mol. The monoisotopic (exact) mass is 455 g/mol. The SMILES string of the molecule is CCCSc1nc(N2C[C@@H]3C(C(=O)O)[C@@H]3C2)ccc1C(=O)NC12CC3CC(CC(C3)C1)C2. The van der Waals surface area contributed by atoms with Crippen molar-refractivity contribution in [1.82, 2.24) is 10.3 Å². The summed E-state index contributed by atoms with van der Waals surface area (Å²) in [4.78, 5) is 31.9.